The van der Waals surface area contributed by atoms with E-state index in [-0.39, 0.29) is 57.1 Å². The van der Waals surface area contributed by atoms with Gasteiger partial charge in [-0.3, -0.25) is 9.78 Å². The fourth-order valence-corrected chi connectivity index (χ4v) is 3.79. The van der Waals surface area contributed by atoms with Crippen molar-refractivity contribution in [1.29, 1.82) is 5.26 Å². The molecule has 0 aromatic carbocycles. The van der Waals surface area contributed by atoms with Crippen molar-refractivity contribution in [2.75, 3.05) is 31.1 Å². The Labute approximate surface area is 180 Å². The Hall–Kier alpha value is -3.49. The van der Waals surface area contributed by atoms with E-state index in [1.807, 2.05) is 6.07 Å². The summed E-state index contributed by atoms with van der Waals surface area (Å²) in [5.74, 6) is -0.537. The number of fused-ring (bicyclic) bond motifs is 1. The third-order valence-corrected chi connectivity index (χ3v) is 5.50. The third kappa shape index (κ3) is 4.15. The molecule has 0 spiro atoms. The number of halogens is 4. The average molecular weight is 450 g/mol. The number of nitriles is 1. The molecule has 0 radical (unpaired) electrons. The molecule has 32 heavy (non-hydrogen) atoms. The van der Waals surface area contributed by atoms with Crippen molar-refractivity contribution in [3.05, 3.63) is 41.5 Å². The quantitative estimate of drug-likeness (QED) is 0.649. The number of hydrogen-bond donors (Lipinski definition) is 0. The Morgan fingerprint density at radius 3 is 2.66 bits per heavy atom. The lowest BCUT2D eigenvalue weighted by Crippen LogP contribution is -2.53. The number of rotatable bonds is 2. The Balaban J connectivity index is 1.46. The normalized spacial score (nSPS) is 18.2. The molecule has 0 saturated carbocycles. The molecule has 0 bridgehead atoms. The molecule has 8 nitrogen and oxygen atoms in total. The van der Waals surface area contributed by atoms with E-state index in [9.17, 15) is 23.2 Å². The van der Waals surface area contributed by atoms with Crippen LogP contribution in [0.15, 0.2) is 24.7 Å². The van der Waals surface area contributed by atoms with Crippen LogP contribution in [0.5, 0.6) is 5.75 Å². The van der Waals surface area contributed by atoms with Gasteiger partial charge in [-0.15, -0.1) is 0 Å². The number of piperidine rings is 1. The summed E-state index contributed by atoms with van der Waals surface area (Å²) >= 11 is 0. The predicted molar refractivity (Wildman–Crippen MR) is 102 cm³/mol. The summed E-state index contributed by atoms with van der Waals surface area (Å²) in [6.07, 6.45) is -1.21. The summed E-state index contributed by atoms with van der Waals surface area (Å²) < 4.78 is 59.9. The van der Waals surface area contributed by atoms with Crippen molar-refractivity contribution >= 4 is 11.9 Å². The van der Waals surface area contributed by atoms with Crippen LogP contribution in [0.1, 0.15) is 29.7 Å². The molecule has 2 aliphatic heterocycles. The van der Waals surface area contributed by atoms with E-state index in [1.165, 1.54) is 22.2 Å². The molecule has 1 saturated heterocycles. The first-order chi connectivity index (χ1) is 15.2. The SMILES string of the molecule is N#Cc1cncc2c1OCCN(C(=O)C1(F)CCN(c3nccc(C(F)(F)F)n3)CC1)C2. The minimum atomic E-state index is -4.61. The number of amides is 1. The van der Waals surface area contributed by atoms with E-state index < -0.39 is 23.4 Å². The van der Waals surface area contributed by atoms with Gasteiger partial charge in [0.25, 0.3) is 5.91 Å². The van der Waals surface area contributed by atoms with Gasteiger partial charge in [-0.2, -0.15) is 18.4 Å². The smallest absolute Gasteiger partial charge is 0.433 e. The van der Waals surface area contributed by atoms with Crippen LogP contribution >= 0.6 is 0 Å². The minimum Gasteiger partial charge on any atom is -0.490 e. The summed E-state index contributed by atoms with van der Waals surface area (Å²) in [7, 11) is 0. The number of alkyl halides is 4. The molecule has 4 rings (SSSR count). The number of hydrogen-bond acceptors (Lipinski definition) is 7. The van der Waals surface area contributed by atoms with E-state index in [0.29, 0.717) is 11.3 Å². The molecule has 2 aromatic rings. The fourth-order valence-electron chi connectivity index (χ4n) is 3.79. The van der Waals surface area contributed by atoms with Gasteiger partial charge in [-0.1, -0.05) is 0 Å². The molecule has 12 heteroatoms. The minimum absolute atomic E-state index is 0.00931. The fraction of sp³-hybridized carbons (Fsp3) is 0.450. The number of anilines is 1. The first-order valence-corrected chi connectivity index (χ1v) is 9.84. The van der Waals surface area contributed by atoms with Crippen LogP contribution in [0.3, 0.4) is 0 Å². The molecule has 168 valence electrons. The van der Waals surface area contributed by atoms with Gasteiger partial charge in [0.2, 0.25) is 5.95 Å². The highest BCUT2D eigenvalue weighted by Gasteiger charge is 2.45. The lowest BCUT2D eigenvalue weighted by Gasteiger charge is -2.38. The topological polar surface area (TPSA) is 95.2 Å². The zero-order chi connectivity index (χ0) is 22.9. The Morgan fingerprint density at radius 1 is 1.22 bits per heavy atom. The standard InChI is InChI=1S/C20H18F4N6O2/c21-19(2-5-29(6-3-19)18-27-4-1-15(28-18)20(22,23)24)17(31)30-7-8-32-16-13(9-25)10-26-11-14(16)12-30/h1,4,10-11H,2-3,5-8,12H2. The van der Waals surface area contributed by atoms with Crippen LogP contribution < -0.4 is 9.64 Å². The number of pyridine rings is 1. The predicted octanol–water partition coefficient (Wildman–Crippen LogP) is 2.49. The Bertz CT molecular complexity index is 1060. The molecule has 2 aliphatic rings. The van der Waals surface area contributed by atoms with Gasteiger partial charge < -0.3 is 14.5 Å². The summed E-state index contributed by atoms with van der Waals surface area (Å²) in [6, 6.07) is 2.74. The van der Waals surface area contributed by atoms with Crippen LogP contribution in [0.25, 0.3) is 0 Å². The zero-order valence-corrected chi connectivity index (χ0v) is 16.8. The monoisotopic (exact) mass is 450 g/mol. The van der Waals surface area contributed by atoms with Gasteiger partial charge in [-0.25, -0.2) is 14.4 Å². The number of aromatic nitrogens is 3. The molecule has 0 N–H and O–H groups in total. The van der Waals surface area contributed by atoms with Gasteiger partial charge in [0, 0.05) is 50.1 Å². The summed E-state index contributed by atoms with van der Waals surface area (Å²) in [5.41, 5.74) is -2.51. The molecule has 0 aliphatic carbocycles. The van der Waals surface area contributed by atoms with Crippen molar-refractivity contribution < 1.29 is 27.1 Å². The number of nitrogens with zero attached hydrogens (tertiary/aromatic N) is 6. The Morgan fingerprint density at radius 2 is 1.97 bits per heavy atom. The largest absolute Gasteiger partial charge is 0.490 e. The van der Waals surface area contributed by atoms with Crippen molar-refractivity contribution in [2.24, 2.45) is 0 Å². The van der Waals surface area contributed by atoms with Crippen LogP contribution in [-0.4, -0.2) is 57.7 Å². The Kier molecular flexibility index (Phi) is 5.58. The molecule has 2 aromatic heterocycles. The molecule has 1 amide bonds. The summed E-state index contributed by atoms with van der Waals surface area (Å²) in [4.78, 5) is 27.1. The first-order valence-electron chi connectivity index (χ1n) is 9.84. The van der Waals surface area contributed by atoms with Gasteiger partial charge in [-0.05, 0) is 6.07 Å². The zero-order valence-electron chi connectivity index (χ0n) is 16.8. The summed E-state index contributed by atoms with van der Waals surface area (Å²) in [5, 5.41) is 9.20. The van der Waals surface area contributed by atoms with Crippen molar-refractivity contribution in [3.63, 3.8) is 0 Å². The molecular weight excluding hydrogens is 432 g/mol. The first kappa shape index (κ1) is 21.7. The van der Waals surface area contributed by atoms with Gasteiger partial charge in [0.15, 0.2) is 5.67 Å². The summed E-state index contributed by atoms with van der Waals surface area (Å²) in [6.45, 7) is 0.250. The van der Waals surface area contributed by atoms with E-state index in [2.05, 4.69) is 15.0 Å². The number of carbonyl (C=O) groups is 1. The second-order valence-electron chi connectivity index (χ2n) is 7.55. The lowest BCUT2D eigenvalue weighted by molar-refractivity contribution is -0.146. The maximum Gasteiger partial charge on any atom is 0.433 e. The maximum absolute atomic E-state index is 15.6. The highest BCUT2D eigenvalue weighted by atomic mass is 19.4. The molecule has 0 unspecified atom stereocenters. The molecule has 1 fully saturated rings. The lowest BCUT2D eigenvalue weighted by atomic mass is 9.91. The molecule has 4 heterocycles. The second kappa shape index (κ2) is 8.22. The highest BCUT2D eigenvalue weighted by molar-refractivity contribution is 5.85. The van der Waals surface area contributed by atoms with Gasteiger partial charge in [0.05, 0.1) is 13.1 Å². The van der Waals surface area contributed by atoms with Gasteiger partial charge >= 0.3 is 6.18 Å². The van der Waals surface area contributed by atoms with Crippen molar-refractivity contribution in [3.8, 4) is 11.8 Å². The average Bonchev–Trinajstić information content (AvgIpc) is 3.01. The number of ether oxygens (including phenoxy) is 1. The van der Waals surface area contributed by atoms with Gasteiger partial charge in [0.1, 0.15) is 29.7 Å². The van der Waals surface area contributed by atoms with Crippen LogP contribution in [0, 0.1) is 11.3 Å². The van der Waals surface area contributed by atoms with E-state index in [1.54, 1.807) is 0 Å². The number of carbonyl (C=O) groups excluding carboxylic acids is 1. The second-order valence-corrected chi connectivity index (χ2v) is 7.55. The highest BCUT2D eigenvalue weighted by Crippen LogP contribution is 2.34. The van der Waals surface area contributed by atoms with E-state index >= 15 is 4.39 Å². The third-order valence-electron chi connectivity index (χ3n) is 5.50. The van der Waals surface area contributed by atoms with Crippen LogP contribution in [-0.2, 0) is 17.5 Å². The maximum atomic E-state index is 15.6. The van der Waals surface area contributed by atoms with Crippen molar-refractivity contribution in [2.45, 2.75) is 31.2 Å². The van der Waals surface area contributed by atoms with Crippen LogP contribution in [0.4, 0.5) is 23.5 Å². The molecule has 0 atom stereocenters. The van der Waals surface area contributed by atoms with E-state index in [0.717, 1.165) is 12.3 Å². The van der Waals surface area contributed by atoms with E-state index in [4.69, 9.17) is 4.74 Å². The van der Waals surface area contributed by atoms with Crippen molar-refractivity contribution in [1.82, 2.24) is 19.9 Å². The van der Waals surface area contributed by atoms with Crippen LogP contribution in [0.2, 0.25) is 0 Å². The molecular formula is C20H18F4N6O2.